The maximum absolute atomic E-state index is 10.4. The third-order valence-corrected chi connectivity index (χ3v) is 1.67. The molecule has 0 N–H and O–H groups in total. The molecule has 0 aliphatic rings. The quantitative estimate of drug-likeness (QED) is 0.476. The van der Waals surface area contributed by atoms with E-state index in [9.17, 15) is 4.79 Å². The number of hydrogen-bond donors (Lipinski definition) is 0. The average Bonchev–Trinajstić information content (AvgIpc) is 2.02. The van der Waals surface area contributed by atoms with Crippen LogP contribution in [0.15, 0.2) is 18.2 Å². The average molecular weight is 286 g/mol. The van der Waals surface area contributed by atoms with Gasteiger partial charge in [-0.25, -0.2) is 4.79 Å². The van der Waals surface area contributed by atoms with Crippen LogP contribution in [-0.4, -0.2) is 5.97 Å². The number of carbonyl (C=O) groups excluding carboxylic acids is 1. The van der Waals surface area contributed by atoms with Crippen LogP contribution in [0, 0.1) is 0 Å². The summed E-state index contributed by atoms with van der Waals surface area (Å²) in [6.45, 7) is 1.23. The fourth-order valence-corrected chi connectivity index (χ4v) is 1.09. The van der Waals surface area contributed by atoms with Crippen molar-refractivity contribution in [2.45, 2.75) is 6.92 Å². The summed E-state index contributed by atoms with van der Waals surface area (Å²) in [5.74, 6) is -0.299. The Hall–Kier alpha value is -0.307. The van der Waals surface area contributed by atoms with Crippen LogP contribution in [0.2, 0.25) is 10.0 Å². The van der Waals surface area contributed by atoms with E-state index < -0.39 is 5.97 Å². The van der Waals surface area contributed by atoms with E-state index in [-0.39, 0.29) is 30.3 Å². The molecule has 0 spiro atoms. The predicted octanol–water partition coefficient (Wildman–Crippen LogP) is 2.85. The van der Waals surface area contributed by atoms with E-state index in [4.69, 9.17) is 23.2 Å². The standard InChI is InChI=1S/C8H6Cl2O3.Zn/c1-5(11)12-13-8-3-2-6(9)4-7(8)10;/h2-4H,1H3;. The van der Waals surface area contributed by atoms with Crippen LogP contribution in [0.1, 0.15) is 6.92 Å². The Kier molecular flexibility index (Phi) is 6.09. The van der Waals surface area contributed by atoms with Gasteiger partial charge >= 0.3 is 5.97 Å². The van der Waals surface area contributed by atoms with Crippen molar-refractivity contribution in [2.24, 2.45) is 0 Å². The Bertz CT molecular complexity index is 330. The van der Waals surface area contributed by atoms with Gasteiger partial charge in [-0.15, -0.1) is 0 Å². The zero-order valence-electron chi connectivity index (χ0n) is 7.42. The molecule has 0 saturated heterocycles. The van der Waals surface area contributed by atoms with Gasteiger partial charge in [-0.2, -0.15) is 0 Å². The minimum absolute atomic E-state index is 0. The SMILES string of the molecule is CC(=O)OOc1ccc(Cl)cc1Cl.[Zn]. The van der Waals surface area contributed by atoms with Crippen molar-refractivity contribution < 1.29 is 34.0 Å². The molecule has 1 aromatic rings. The van der Waals surface area contributed by atoms with Gasteiger partial charge in [0.25, 0.3) is 0 Å². The zero-order chi connectivity index (χ0) is 9.84. The molecule has 0 amide bonds. The molecule has 0 unspecified atom stereocenters. The summed E-state index contributed by atoms with van der Waals surface area (Å²) in [6.07, 6.45) is 0. The second-order valence-corrected chi connectivity index (χ2v) is 3.08. The number of halogens is 2. The maximum Gasteiger partial charge on any atom is 0.352 e. The number of carbonyl (C=O) groups is 1. The van der Waals surface area contributed by atoms with E-state index in [0.29, 0.717) is 5.02 Å². The first-order chi connectivity index (χ1) is 6.09. The van der Waals surface area contributed by atoms with Gasteiger partial charge in [0.05, 0.1) is 5.02 Å². The molecule has 3 nitrogen and oxygen atoms in total. The van der Waals surface area contributed by atoms with Gasteiger partial charge in [-0.05, 0) is 18.2 Å². The summed E-state index contributed by atoms with van der Waals surface area (Å²) in [7, 11) is 0. The van der Waals surface area contributed by atoms with Crippen molar-refractivity contribution in [1.29, 1.82) is 0 Å². The molecule has 0 aliphatic heterocycles. The monoisotopic (exact) mass is 284 g/mol. The van der Waals surface area contributed by atoms with E-state index in [1.807, 2.05) is 0 Å². The smallest absolute Gasteiger partial charge is 0.285 e. The van der Waals surface area contributed by atoms with Crippen molar-refractivity contribution in [3.05, 3.63) is 28.2 Å². The second-order valence-electron chi connectivity index (χ2n) is 2.23. The summed E-state index contributed by atoms with van der Waals surface area (Å²) in [5, 5.41) is 0.772. The van der Waals surface area contributed by atoms with Crippen molar-refractivity contribution in [3.63, 3.8) is 0 Å². The van der Waals surface area contributed by atoms with Crippen LogP contribution in [0.4, 0.5) is 0 Å². The molecule has 1 aromatic carbocycles. The van der Waals surface area contributed by atoms with E-state index in [1.165, 1.54) is 19.1 Å². The Balaban J connectivity index is 0.00000169. The van der Waals surface area contributed by atoms with E-state index >= 15 is 0 Å². The van der Waals surface area contributed by atoms with E-state index in [1.54, 1.807) is 6.07 Å². The second kappa shape index (κ2) is 6.23. The topological polar surface area (TPSA) is 35.5 Å². The van der Waals surface area contributed by atoms with Crippen molar-refractivity contribution >= 4 is 29.2 Å². The first-order valence-electron chi connectivity index (χ1n) is 3.40. The summed E-state index contributed by atoms with van der Waals surface area (Å²) < 4.78 is 0. The van der Waals surface area contributed by atoms with Crippen LogP contribution in [0.3, 0.4) is 0 Å². The van der Waals surface area contributed by atoms with Crippen LogP contribution in [-0.2, 0) is 29.2 Å². The van der Waals surface area contributed by atoms with Crippen LogP contribution in [0.25, 0.3) is 0 Å². The summed E-state index contributed by atoms with van der Waals surface area (Å²) in [6, 6.07) is 4.57. The Morgan fingerprint density at radius 3 is 2.50 bits per heavy atom. The van der Waals surface area contributed by atoms with Crippen LogP contribution in [0.5, 0.6) is 5.75 Å². The minimum Gasteiger partial charge on any atom is -0.285 e. The number of rotatable bonds is 2. The molecule has 0 fully saturated rings. The molecule has 0 bridgehead atoms. The van der Waals surface area contributed by atoms with Crippen LogP contribution < -0.4 is 4.89 Å². The Morgan fingerprint density at radius 2 is 2.00 bits per heavy atom. The molecular weight excluding hydrogens is 280 g/mol. The van der Waals surface area contributed by atoms with Gasteiger partial charge in [0.15, 0.2) is 5.75 Å². The largest absolute Gasteiger partial charge is 0.352 e. The van der Waals surface area contributed by atoms with E-state index in [0.717, 1.165) is 0 Å². The van der Waals surface area contributed by atoms with Crippen molar-refractivity contribution in [1.82, 2.24) is 0 Å². The van der Waals surface area contributed by atoms with Gasteiger partial charge in [0.2, 0.25) is 0 Å². The summed E-state index contributed by atoms with van der Waals surface area (Å²) in [4.78, 5) is 19.3. The molecule has 14 heavy (non-hydrogen) atoms. The van der Waals surface area contributed by atoms with Gasteiger partial charge in [0, 0.05) is 31.4 Å². The minimum atomic E-state index is -0.550. The fourth-order valence-electron chi connectivity index (χ4n) is 0.646. The molecule has 0 saturated carbocycles. The van der Waals surface area contributed by atoms with Gasteiger partial charge in [0.1, 0.15) is 0 Å². The number of benzene rings is 1. The summed E-state index contributed by atoms with van der Waals surface area (Å²) in [5.41, 5.74) is 0. The van der Waals surface area contributed by atoms with Crippen molar-refractivity contribution in [3.8, 4) is 5.75 Å². The summed E-state index contributed by atoms with van der Waals surface area (Å²) >= 11 is 11.3. The molecular formula is C8H6Cl2O3Zn. The molecule has 0 radical (unpaired) electrons. The Labute approximate surface area is 104 Å². The molecule has 0 atom stereocenters. The van der Waals surface area contributed by atoms with Gasteiger partial charge in [-0.3, -0.25) is 9.78 Å². The van der Waals surface area contributed by atoms with Crippen molar-refractivity contribution in [2.75, 3.05) is 0 Å². The van der Waals surface area contributed by atoms with Gasteiger partial charge < -0.3 is 0 Å². The molecule has 0 aromatic heterocycles. The molecule has 72 valence electrons. The third kappa shape index (κ3) is 4.27. The normalized spacial score (nSPS) is 8.79. The fraction of sp³-hybridized carbons (Fsp3) is 0.125. The van der Waals surface area contributed by atoms with E-state index in [2.05, 4.69) is 9.78 Å². The first-order valence-corrected chi connectivity index (χ1v) is 4.15. The third-order valence-electron chi connectivity index (χ3n) is 1.14. The number of hydrogen-bond acceptors (Lipinski definition) is 3. The zero-order valence-corrected chi connectivity index (χ0v) is 11.9. The molecule has 6 heteroatoms. The first kappa shape index (κ1) is 13.7. The van der Waals surface area contributed by atoms with Crippen LogP contribution >= 0.6 is 23.2 Å². The Morgan fingerprint density at radius 1 is 1.36 bits per heavy atom. The predicted molar refractivity (Wildman–Crippen MR) is 48.9 cm³/mol. The maximum atomic E-state index is 10.4. The molecule has 0 heterocycles. The molecule has 1 rings (SSSR count). The molecule has 0 aliphatic carbocycles. The van der Waals surface area contributed by atoms with Gasteiger partial charge in [-0.1, -0.05) is 23.2 Å².